The molecule has 0 radical (unpaired) electrons. The van der Waals surface area contributed by atoms with Gasteiger partial charge in [0.25, 0.3) is 0 Å². The molecular weight excluding hydrogens is 216 g/mol. The summed E-state index contributed by atoms with van der Waals surface area (Å²) < 4.78 is -1.93. The minimum atomic E-state index is -1.93. The van der Waals surface area contributed by atoms with Crippen LogP contribution in [0, 0.1) is 5.21 Å². The molecule has 0 aliphatic rings. The number of hydrogen-bond donors (Lipinski definition) is 3. The van der Waals surface area contributed by atoms with Crippen LogP contribution in [-0.4, -0.2) is 8.17 Å². The molecule has 0 aromatic rings. The molecule has 0 saturated heterocycles. The second-order valence-electron chi connectivity index (χ2n) is 0.401. The van der Waals surface area contributed by atoms with Gasteiger partial charge in [-0.25, -0.2) is 0 Å². The maximum absolute atomic E-state index is 9.30. The first-order chi connectivity index (χ1) is 2.00. The predicted octanol–water partition coefficient (Wildman–Crippen LogP) is 0.630. The first-order valence-corrected chi connectivity index (χ1v) is 1.73. The summed E-state index contributed by atoms with van der Waals surface area (Å²) in [5.41, 5.74) is 0. The average Bonchev–Trinajstić information content (AvgIpc) is 0.722. The quantitative estimate of drug-likeness (QED) is 0.317. The Morgan fingerprint density at radius 3 is 1.57 bits per heavy atom. The van der Waals surface area contributed by atoms with Crippen molar-refractivity contribution < 1.29 is 27.6 Å². The van der Waals surface area contributed by atoms with E-state index in [0.29, 0.717) is 0 Å². The van der Waals surface area contributed by atoms with E-state index in [1.54, 1.807) is 0 Å². The second kappa shape index (κ2) is 4.90. The molecule has 7 heteroatoms. The molecule has 7 N–H and O–H groups in total. The van der Waals surface area contributed by atoms with Crippen LogP contribution in [-0.2, 0) is 19.4 Å². The third-order valence-electron chi connectivity index (χ3n) is 0. The van der Waals surface area contributed by atoms with Crippen LogP contribution in [0.3, 0.4) is 0 Å². The molecule has 1 atom stereocenters. The van der Waals surface area contributed by atoms with Gasteiger partial charge in [0.05, 0.1) is 0 Å². The molecule has 0 aliphatic heterocycles. The predicted molar refractivity (Wildman–Crippen MR) is 21.3 cm³/mol. The fraction of sp³-hybridized carbons (Fsp3) is 0. The standard InChI is InChI=1S/ClHNO2.2H3N.Pd/c1-2(3)4;;;/h3H;2*1H3;/q-1;;;+1. The van der Waals surface area contributed by atoms with Gasteiger partial charge in [-0.3, -0.25) is 0 Å². The first-order valence-electron chi connectivity index (χ1n) is 0.693. The minimum absolute atomic E-state index is 0. The van der Waals surface area contributed by atoms with Crippen LogP contribution < -0.4 is 12.3 Å². The molecule has 5 nitrogen and oxygen atoms in total. The Labute approximate surface area is 57.3 Å². The molecule has 0 fully saturated rings. The number of rotatable bonds is 0. The summed E-state index contributed by atoms with van der Waals surface area (Å²) in [5.74, 6) is 0. The van der Waals surface area contributed by atoms with E-state index in [4.69, 9.17) is 5.21 Å². The van der Waals surface area contributed by atoms with Gasteiger partial charge in [-0.2, -0.15) is 0 Å². The number of halogens is 1. The van der Waals surface area contributed by atoms with Gasteiger partial charge < -0.3 is 12.3 Å². The maximum atomic E-state index is 9.30. The van der Waals surface area contributed by atoms with Crippen molar-refractivity contribution >= 4 is 11.8 Å². The number of nitrogens with zero attached hydrogens (tertiary/aromatic N) is 1. The van der Waals surface area contributed by atoms with Crippen molar-refractivity contribution in [2.75, 3.05) is 0 Å². The Hall–Kier alpha value is 0.752. The summed E-state index contributed by atoms with van der Waals surface area (Å²) in [6.07, 6.45) is 0. The van der Waals surface area contributed by atoms with Crippen molar-refractivity contribution in [1.29, 1.82) is 0 Å². The second-order valence-corrected chi connectivity index (χ2v) is 2.18. The van der Waals surface area contributed by atoms with Crippen molar-refractivity contribution in [3.63, 3.8) is 0 Å². The molecule has 0 aliphatic carbocycles. The Kier molecular flexibility index (Phi) is 11.0. The molecule has 7 heavy (non-hydrogen) atoms. The molecular formula is H7ClN3O2Pd. The zero-order valence-corrected chi connectivity index (χ0v) is 5.72. The molecule has 0 bridgehead atoms. The van der Waals surface area contributed by atoms with Crippen LogP contribution >= 0.6 is 11.8 Å². The van der Waals surface area contributed by atoms with Gasteiger partial charge in [-0.15, -0.1) is 0 Å². The molecule has 0 aromatic carbocycles. The van der Waals surface area contributed by atoms with Gasteiger partial charge in [0.2, 0.25) is 0 Å². The van der Waals surface area contributed by atoms with E-state index in [1.807, 2.05) is 19.4 Å². The Morgan fingerprint density at radius 2 is 1.57 bits per heavy atom. The van der Waals surface area contributed by atoms with Crippen molar-refractivity contribution in [2.24, 2.45) is 0 Å². The molecule has 0 saturated carbocycles. The van der Waals surface area contributed by atoms with E-state index >= 15 is 0 Å². The van der Waals surface area contributed by atoms with Crippen molar-refractivity contribution in [3.05, 3.63) is 5.21 Å². The van der Waals surface area contributed by atoms with Crippen LogP contribution in [0.5, 0.6) is 0 Å². The average molecular weight is 223 g/mol. The van der Waals surface area contributed by atoms with Gasteiger partial charge >= 0.3 is 44.6 Å². The van der Waals surface area contributed by atoms with Crippen LogP contribution in [0.1, 0.15) is 0 Å². The molecule has 0 aromatic heterocycles. The topological polar surface area (TPSA) is 113 Å². The Morgan fingerprint density at radius 1 is 1.57 bits per heavy atom. The number of quaternary nitrogens is 1. The van der Waals surface area contributed by atoms with E-state index < -0.39 is 2.96 Å². The van der Waals surface area contributed by atoms with Gasteiger partial charge in [-0.05, 0) is 0 Å². The summed E-state index contributed by atoms with van der Waals surface area (Å²) in [4.78, 5) is 0. The molecule has 0 amide bonds. The molecule has 0 spiro atoms. The molecule has 1 unspecified atom stereocenters. The third-order valence-corrected chi connectivity index (χ3v) is 0. The van der Waals surface area contributed by atoms with Crippen LogP contribution in [0.4, 0.5) is 0 Å². The van der Waals surface area contributed by atoms with Gasteiger partial charge in [0.15, 0.2) is 0 Å². The summed E-state index contributed by atoms with van der Waals surface area (Å²) in [5, 5.41) is 16.9. The van der Waals surface area contributed by atoms with E-state index in [-0.39, 0.29) is 12.3 Å². The van der Waals surface area contributed by atoms with Crippen molar-refractivity contribution in [1.82, 2.24) is 12.3 Å². The SMILES string of the molecule is N.N.[O-][N+](O)(Cl)[Pd]. The zero-order valence-electron chi connectivity index (χ0n) is 3.41. The van der Waals surface area contributed by atoms with Crippen LogP contribution in [0.2, 0.25) is 0 Å². The van der Waals surface area contributed by atoms with E-state index in [1.165, 1.54) is 0 Å². The Balaban J connectivity index is -0.0000000800. The van der Waals surface area contributed by atoms with E-state index in [0.717, 1.165) is 0 Å². The van der Waals surface area contributed by atoms with Crippen LogP contribution in [0.15, 0.2) is 0 Å². The molecule has 51 valence electrons. The summed E-state index contributed by atoms with van der Waals surface area (Å²) >= 11 is 6.24. The summed E-state index contributed by atoms with van der Waals surface area (Å²) in [6, 6.07) is 0. The third kappa shape index (κ3) is 269. The zero-order chi connectivity index (χ0) is 4.50. The van der Waals surface area contributed by atoms with Gasteiger partial charge in [0.1, 0.15) is 0 Å². The van der Waals surface area contributed by atoms with Gasteiger partial charge in [0, 0.05) is 0 Å². The molecule has 0 heterocycles. The van der Waals surface area contributed by atoms with Gasteiger partial charge in [-0.1, -0.05) is 0 Å². The van der Waals surface area contributed by atoms with Crippen molar-refractivity contribution in [3.8, 4) is 0 Å². The molecule has 0 rings (SSSR count). The monoisotopic (exact) mass is 222 g/mol. The van der Waals surface area contributed by atoms with E-state index in [2.05, 4.69) is 11.8 Å². The fourth-order valence-electron chi connectivity index (χ4n) is 0. The van der Waals surface area contributed by atoms with E-state index in [9.17, 15) is 5.21 Å². The fourth-order valence-corrected chi connectivity index (χ4v) is 0. The summed E-state index contributed by atoms with van der Waals surface area (Å²) in [7, 11) is 0. The Bertz CT molecular complexity index is 28.4. The summed E-state index contributed by atoms with van der Waals surface area (Å²) in [6.45, 7) is 0. The van der Waals surface area contributed by atoms with Crippen LogP contribution in [0.25, 0.3) is 0 Å². The van der Waals surface area contributed by atoms with Crippen molar-refractivity contribution in [2.45, 2.75) is 0 Å². The number of hydrogen-bond acceptors (Lipinski definition) is 4. The normalized spacial score (nSPS) is 15.6. The first kappa shape index (κ1) is 15.7.